The first-order valence-corrected chi connectivity index (χ1v) is 10.4. The molecule has 170 valence electrons. The predicted octanol–water partition coefficient (Wildman–Crippen LogP) is 3.68. The minimum absolute atomic E-state index is 0.0781. The number of nitrogens with one attached hydrogen (secondary N) is 2. The van der Waals surface area contributed by atoms with E-state index in [1.54, 1.807) is 26.8 Å². The normalized spacial score (nSPS) is 14.5. The van der Waals surface area contributed by atoms with E-state index in [-0.39, 0.29) is 17.9 Å². The minimum Gasteiger partial charge on any atom is -0.488 e. The minimum atomic E-state index is -4.50. The van der Waals surface area contributed by atoms with Gasteiger partial charge in [-0.3, -0.25) is 0 Å². The van der Waals surface area contributed by atoms with Gasteiger partial charge in [0.25, 0.3) is 0 Å². The number of halogens is 3. The summed E-state index contributed by atoms with van der Waals surface area (Å²) in [6, 6.07) is 4.00. The topological polar surface area (TPSA) is 76.4 Å². The fraction of sp³-hybridized carbons (Fsp3) is 0.571. The van der Waals surface area contributed by atoms with Crippen LogP contribution in [0.3, 0.4) is 0 Å². The highest BCUT2D eigenvalue weighted by atomic mass is 19.4. The molecule has 10 heteroatoms. The number of guanidine groups is 1. The Labute approximate surface area is 180 Å². The number of rotatable bonds is 6. The summed E-state index contributed by atoms with van der Waals surface area (Å²) in [4.78, 5) is 4.35. The molecule has 0 radical (unpaired) electrons. The van der Waals surface area contributed by atoms with Gasteiger partial charge in [-0.2, -0.15) is 13.2 Å². The Bertz CT molecular complexity index is 930. The number of ether oxygens (including phenoxy) is 1. The van der Waals surface area contributed by atoms with Crippen LogP contribution in [0, 0.1) is 0 Å². The number of hydrogen-bond donors (Lipinski definition) is 2. The van der Waals surface area contributed by atoms with Gasteiger partial charge in [0.1, 0.15) is 17.2 Å². The maximum absolute atomic E-state index is 13.6. The molecule has 0 bridgehead atoms. The summed E-state index contributed by atoms with van der Waals surface area (Å²) in [6.07, 6.45) is -2.55. The summed E-state index contributed by atoms with van der Waals surface area (Å²) in [6.45, 7) is 8.99. The van der Waals surface area contributed by atoms with Crippen molar-refractivity contribution in [1.82, 2.24) is 25.4 Å². The molecule has 0 spiro atoms. The van der Waals surface area contributed by atoms with E-state index in [1.165, 1.54) is 6.07 Å². The number of aromatic nitrogens is 3. The molecule has 2 N–H and O–H groups in total. The number of nitrogens with zero attached hydrogens (tertiary/aromatic N) is 4. The van der Waals surface area contributed by atoms with Crippen LogP contribution >= 0.6 is 0 Å². The Kier molecular flexibility index (Phi) is 6.76. The summed E-state index contributed by atoms with van der Waals surface area (Å²) in [5.74, 6) is 2.35. The molecule has 0 atom stereocenters. The molecule has 1 aliphatic rings. The molecule has 0 aliphatic carbocycles. The standard InChI is InChI=1S/C21H29F3N6O/c1-5-25-19(27-13-18-29-28-17-7-6-10-30(17)18)26-12-14-8-9-15(31-20(2,3)4)11-16(14)21(22,23)24/h8-9,11H,5-7,10,12-13H2,1-4H3,(H2,25,26,27). The molecule has 2 heterocycles. The lowest BCUT2D eigenvalue weighted by Crippen LogP contribution is -2.37. The average molecular weight is 438 g/mol. The van der Waals surface area contributed by atoms with Crippen molar-refractivity contribution in [3.05, 3.63) is 41.0 Å². The number of aryl methyl sites for hydroxylation is 1. The van der Waals surface area contributed by atoms with Gasteiger partial charge >= 0.3 is 6.18 Å². The zero-order valence-electron chi connectivity index (χ0n) is 18.3. The lowest BCUT2D eigenvalue weighted by atomic mass is 10.1. The monoisotopic (exact) mass is 438 g/mol. The van der Waals surface area contributed by atoms with E-state index in [0.29, 0.717) is 19.0 Å². The van der Waals surface area contributed by atoms with Crippen LogP contribution in [-0.2, 0) is 32.2 Å². The molecule has 7 nitrogen and oxygen atoms in total. The predicted molar refractivity (Wildman–Crippen MR) is 112 cm³/mol. The van der Waals surface area contributed by atoms with Gasteiger partial charge in [0.05, 0.1) is 18.7 Å². The van der Waals surface area contributed by atoms with Gasteiger partial charge in [0.2, 0.25) is 0 Å². The van der Waals surface area contributed by atoms with Crippen molar-refractivity contribution in [3.63, 3.8) is 0 Å². The maximum atomic E-state index is 13.6. The third-order valence-corrected chi connectivity index (χ3v) is 4.66. The van der Waals surface area contributed by atoms with Crippen molar-refractivity contribution in [2.75, 3.05) is 6.54 Å². The van der Waals surface area contributed by atoms with Crippen molar-refractivity contribution in [2.45, 2.75) is 71.9 Å². The molecular weight excluding hydrogens is 409 g/mol. The third kappa shape index (κ3) is 6.11. The van der Waals surface area contributed by atoms with E-state index in [2.05, 4.69) is 30.4 Å². The molecule has 0 amide bonds. The summed E-state index contributed by atoms with van der Waals surface area (Å²) in [7, 11) is 0. The molecule has 1 aromatic heterocycles. The zero-order valence-corrected chi connectivity index (χ0v) is 18.3. The van der Waals surface area contributed by atoms with Crippen molar-refractivity contribution >= 4 is 5.96 Å². The van der Waals surface area contributed by atoms with Crippen LogP contribution in [0.2, 0.25) is 0 Å². The summed E-state index contributed by atoms with van der Waals surface area (Å²) in [5, 5.41) is 14.5. The van der Waals surface area contributed by atoms with E-state index in [1.807, 2.05) is 6.92 Å². The molecule has 0 fully saturated rings. The van der Waals surface area contributed by atoms with Crippen LogP contribution in [0.4, 0.5) is 13.2 Å². The lowest BCUT2D eigenvalue weighted by Gasteiger charge is -2.22. The molecule has 0 saturated carbocycles. The van der Waals surface area contributed by atoms with Gasteiger partial charge < -0.3 is 19.9 Å². The molecule has 1 aliphatic heterocycles. The fourth-order valence-electron chi connectivity index (χ4n) is 3.38. The summed E-state index contributed by atoms with van der Waals surface area (Å²) >= 11 is 0. The highest BCUT2D eigenvalue weighted by molar-refractivity contribution is 5.79. The van der Waals surface area contributed by atoms with Gasteiger partial charge in [0.15, 0.2) is 11.8 Å². The quantitative estimate of drug-likeness (QED) is 0.532. The van der Waals surface area contributed by atoms with Gasteiger partial charge in [-0.05, 0) is 51.8 Å². The number of fused-ring (bicyclic) bond motifs is 1. The Balaban J connectivity index is 1.76. The van der Waals surface area contributed by atoms with Crippen LogP contribution in [0.5, 0.6) is 5.75 Å². The second-order valence-corrected chi connectivity index (χ2v) is 8.37. The van der Waals surface area contributed by atoms with Crippen LogP contribution < -0.4 is 15.4 Å². The first-order valence-electron chi connectivity index (χ1n) is 10.4. The molecule has 3 rings (SSSR count). The zero-order chi connectivity index (χ0) is 22.6. The van der Waals surface area contributed by atoms with Gasteiger partial charge in [0, 0.05) is 19.5 Å². The second kappa shape index (κ2) is 9.15. The number of hydrogen-bond acceptors (Lipinski definition) is 4. The average Bonchev–Trinajstić information content (AvgIpc) is 3.27. The van der Waals surface area contributed by atoms with E-state index >= 15 is 0 Å². The highest BCUT2D eigenvalue weighted by Gasteiger charge is 2.34. The number of benzene rings is 1. The van der Waals surface area contributed by atoms with Crippen molar-refractivity contribution in [3.8, 4) is 5.75 Å². The Morgan fingerprint density at radius 1 is 1.19 bits per heavy atom. The van der Waals surface area contributed by atoms with Crippen molar-refractivity contribution < 1.29 is 17.9 Å². The molecule has 0 unspecified atom stereocenters. The van der Waals surface area contributed by atoms with E-state index in [4.69, 9.17) is 4.74 Å². The second-order valence-electron chi connectivity index (χ2n) is 8.37. The van der Waals surface area contributed by atoms with E-state index in [0.717, 1.165) is 37.1 Å². The first-order chi connectivity index (χ1) is 14.6. The summed E-state index contributed by atoms with van der Waals surface area (Å²) < 4.78 is 48.6. The van der Waals surface area contributed by atoms with Crippen LogP contribution in [0.15, 0.2) is 23.2 Å². The van der Waals surface area contributed by atoms with Crippen LogP contribution in [0.1, 0.15) is 56.9 Å². The van der Waals surface area contributed by atoms with Gasteiger partial charge in [-0.15, -0.1) is 10.2 Å². The molecule has 2 aromatic rings. The Morgan fingerprint density at radius 2 is 1.97 bits per heavy atom. The van der Waals surface area contributed by atoms with Crippen LogP contribution in [0.25, 0.3) is 0 Å². The molecule has 0 saturated heterocycles. The molecular formula is C21H29F3N6O. The third-order valence-electron chi connectivity index (χ3n) is 4.66. The van der Waals surface area contributed by atoms with E-state index in [9.17, 15) is 13.2 Å². The van der Waals surface area contributed by atoms with Crippen molar-refractivity contribution in [2.24, 2.45) is 4.99 Å². The van der Waals surface area contributed by atoms with Gasteiger partial charge in [-0.25, -0.2) is 4.99 Å². The van der Waals surface area contributed by atoms with Gasteiger partial charge in [-0.1, -0.05) is 6.07 Å². The highest BCUT2D eigenvalue weighted by Crippen LogP contribution is 2.35. The Morgan fingerprint density at radius 3 is 2.65 bits per heavy atom. The molecule has 31 heavy (non-hydrogen) atoms. The molecule has 1 aromatic carbocycles. The first kappa shape index (κ1) is 22.9. The maximum Gasteiger partial charge on any atom is 0.416 e. The van der Waals surface area contributed by atoms with Crippen molar-refractivity contribution in [1.29, 1.82) is 0 Å². The number of aliphatic imine (C=N–C) groups is 1. The lowest BCUT2D eigenvalue weighted by molar-refractivity contribution is -0.138. The number of alkyl halides is 3. The fourth-order valence-corrected chi connectivity index (χ4v) is 3.38. The van der Waals surface area contributed by atoms with Crippen LogP contribution in [-0.4, -0.2) is 32.9 Å². The Hall–Kier alpha value is -2.78. The van der Waals surface area contributed by atoms with E-state index < -0.39 is 17.3 Å². The summed E-state index contributed by atoms with van der Waals surface area (Å²) in [5.41, 5.74) is -1.26. The smallest absolute Gasteiger partial charge is 0.416 e. The SMILES string of the molecule is CCNC(=NCc1ccc(OC(C)(C)C)cc1C(F)(F)F)NCc1nnc2n1CCC2. The largest absolute Gasteiger partial charge is 0.488 e.